The van der Waals surface area contributed by atoms with E-state index in [1.807, 2.05) is 0 Å². The number of carbonyl (C=O) groups is 2. The minimum absolute atomic E-state index is 0.00229. The van der Waals surface area contributed by atoms with Crippen LogP contribution in [0.5, 0.6) is 0 Å². The van der Waals surface area contributed by atoms with E-state index in [4.69, 9.17) is 0 Å². The van der Waals surface area contributed by atoms with Gasteiger partial charge in [-0.05, 0) is 55.5 Å². The smallest absolute Gasteiger partial charge is 0.235 e. The summed E-state index contributed by atoms with van der Waals surface area (Å²) in [5.41, 5.74) is 0.822. The fraction of sp³-hybridized carbons (Fsp3) is 0.316. The first-order valence-corrected chi connectivity index (χ1v) is 8.41. The number of hydrogen-bond acceptors (Lipinski definition) is 3. The molecule has 2 fully saturated rings. The Morgan fingerprint density at radius 3 is 2.32 bits per heavy atom. The molecule has 1 heterocycles. The second kappa shape index (κ2) is 5.95. The Kier molecular flexibility index (Phi) is 3.75. The molecule has 0 atom stereocenters. The highest BCUT2D eigenvalue weighted by atomic mass is 19.1. The van der Waals surface area contributed by atoms with Gasteiger partial charge in [-0.1, -0.05) is 12.1 Å². The zero-order valence-electron chi connectivity index (χ0n) is 13.6. The maximum Gasteiger partial charge on any atom is 0.235 e. The Balaban J connectivity index is 1.42. The van der Waals surface area contributed by atoms with Crippen molar-refractivity contribution in [2.24, 2.45) is 5.92 Å². The number of pyridine rings is 1. The lowest BCUT2D eigenvalue weighted by Crippen LogP contribution is -2.27. The maximum absolute atomic E-state index is 13.1. The average Bonchev–Trinajstić information content (AvgIpc) is 3.49. The Morgan fingerprint density at radius 1 is 1.04 bits per heavy atom. The van der Waals surface area contributed by atoms with E-state index in [1.54, 1.807) is 24.3 Å². The summed E-state index contributed by atoms with van der Waals surface area (Å²) in [7, 11) is 0. The van der Waals surface area contributed by atoms with Gasteiger partial charge in [0.1, 0.15) is 11.6 Å². The summed E-state index contributed by atoms with van der Waals surface area (Å²) in [6, 6.07) is 9.47. The zero-order valence-corrected chi connectivity index (χ0v) is 13.6. The molecule has 2 aromatic rings. The summed E-state index contributed by atoms with van der Waals surface area (Å²) in [4.78, 5) is 28.5. The van der Waals surface area contributed by atoms with Gasteiger partial charge in [0.15, 0.2) is 0 Å². The van der Waals surface area contributed by atoms with Gasteiger partial charge in [0.25, 0.3) is 0 Å². The molecule has 2 aliphatic rings. The van der Waals surface area contributed by atoms with E-state index >= 15 is 0 Å². The van der Waals surface area contributed by atoms with Gasteiger partial charge in [-0.2, -0.15) is 0 Å². The highest BCUT2D eigenvalue weighted by molar-refractivity contribution is 6.01. The number of nitrogens with zero attached hydrogens (tertiary/aromatic N) is 1. The molecule has 25 heavy (non-hydrogen) atoms. The summed E-state index contributed by atoms with van der Waals surface area (Å²) < 4.78 is 13.1. The zero-order chi connectivity index (χ0) is 17.4. The number of rotatable bonds is 5. The summed E-state index contributed by atoms with van der Waals surface area (Å²) in [6.45, 7) is 0. The van der Waals surface area contributed by atoms with Gasteiger partial charge in [-0.25, -0.2) is 9.37 Å². The quantitative estimate of drug-likeness (QED) is 0.878. The molecule has 0 saturated heterocycles. The number of anilines is 2. The van der Waals surface area contributed by atoms with Gasteiger partial charge in [0, 0.05) is 5.92 Å². The summed E-state index contributed by atoms with van der Waals surface area (Å²) in [6.07, 6.45) is 4.89. The molecule has 4 rings (SSSR count). The van der Waals surface area contributed by atoms with Crippen LogP contribution in [0.2, 0.25) is 0 Å². The average molecular weight is 339 g/mol. The largest absolute Gasteiger partial charge is 0.324 e. The highest BCUT2D eigenvalue weighted by Gasteiger charge is 2.51. The minimum atomic E-state index is -0.577. The minimum Gasteiger partial charge on any atom is -0.324 e. The van der Waals surface area contributed by atoms with Gasteiger partial charge >= 0.3 is 0 Å². The number of amides is 2. The Morgan fingerprint density at radius 2 is 1.76 bits per heavy atom. The van der Waals surface area contributed by atoms with Crippen LogP contribution >= 0.6 is 0 Å². The number of carbonyl (C=O) groups excluding carboxylic acids is 2. The molecule has 2 N–H and O–H groups in total. The number of aromatic nitrogens is 1. The molecule has 0 spiro atoms. The Hall–Kier alpha value is -2.76. The van der Waals surface area contributed by atoms with Crippen LogP contribution in [-0.4, -0.2) is 16.8 Å². The van der Waals surface area contributed by atoms with Crippen molar-refractivity contribution in [2.45, 2.75) is 31.1 Å². The fourth-order valence-electron chi connectivity index (χ4n) is 2.91. The predicted molar refractivity (Wildman–Crippen MR) is 91.5 cm³/mol. The van der Waals surface area contributed by atoms with Crippen LogP contribution in [0.1, 0.15) is 31.2 Å². The second-order valence-corrected chi connectivity index (χ2v) is 6.74. The number of benzene rings is 1. The van der Waals surface area contributed by atoms with Crippen LogP contribution in [0.4, 0.5) is 15.9 Å². The maximum atomic E-state index is 13.1. The van der Waals surface area contributed by atoms with Crippen molar-refractivity contribution in [1.29, 1.82) is 0 Å². The van der Waals surface area contributed by atoms with Crippen molar-refractivity contribution in [2.75, 3.05) is 10.6 Å². The lowest BCUT2D eigenvalue weighted by molar-refractivity contribution is -0.118. The first kappa shape index (κ1) is 15.7. The van der Waals surface area contributed by atoms with Gasteiger partial charge in [0.2, 0.25) is 11.8 Å². The highest BCUT2D eigenvalue weighted by Crippen LogP contribution is 2.49. The monoisotopic (exact) mass is 339 g/mol. The van der Waals surface area contributed by atoms with E-state index in [0.717, 1.165) is 31.2 Å². The summed E-state index contributed by atoms with van der Waals surface area (Å²) in [5.74, 6) is 0.169. The second-order valence-electron chi connectivity index (χ2n) is 6.74. The Labute approximate surface area is 144 Å². The van der Waals surface area contributed by atoms with E-state index in [0.29, 0.717) is 11.5 Å². The van der Waals surface area contributed by atoms with Gasteiger partial charge in [-0.15, -0.1) is 0 Å². The topological polar surface area (TPSA) is 71.1 Å². The van der Waals surface area contributed by atoms with Gasteiger partial charge < -0.3 is 10.6 Å². The molecule has 0 radical (unpaired) electrons. The molecule has 0 unspecified atom stereocenters. The van der Waals surface area contributed by atoms with Crippen molar-refractivity contribution in [3.05, 3.63) is 54.0 Å². The predicted octanol–water partition coefficient (Wildman–Crippen LogP) is 3.24. The molecule has 0 bridgehead atoms. The van der Waals surface area contributed by atoms with Crippen molar-refractivity contribution in [3.8, 4) is 0 Å². The normalized spacial score (nSPS) is 17.6. The fourth-order valence-corrected chi connectivity index (χ4v) is 2.91. The standard InChI is InChI=1S/C19H18FN3O2/c20-14-5-3-13(4-6-14)19(9-10-19)18(25)22-15-7-8-16(21-11-15)23-17(24)12-1-2-12/h3-8,11-12H,1-2,9-10H2,(H,22,25)(H,21,23,24). The molecule has 5 nitrogen and oxygen atoms in total. The van der Waals surface area contributed by atoms with E-state index in [9.17, 15) is 14.0 Å². The number of halogens is 1. The lowest BCUT2D eigenvalue weighted by atomic mass is 9.95. The third-order valence-electron chi connectivity index (χ3n) is 4.80. The van der Waals surface area contributed by atoms with Crippen LogP contribution in [0.25, 0.3) is 0 Å². The summed E-state index contributed by atoms with van der Waals surface area (Å²) in [5, 5.41) is 5.63. The van der Waals surface area contributed by atoms with Crippen LogP contribution in [-0.2, 0) is 15.0 Å². The molecular formula is C19H18FN3O2. The van der Waals surface area contributed by atoms with Crippen LogP contribution in [0.15, 0.2) is 42.6 Å². The van der Waals surface area contributed by atoms with Gasteiger partial charge in [-0.3, -0.25) is 9.59 Å². The van der Waals surface area contributed by atoms with Crippen molar-refractivity contribution >= 4 is 23.3 Å². The SMILES string of the molecule is O=C(Nc1ccc(NC(=O)C2(c3ccc(F)cc3)CC2)cn1)C1CC1. The summed E-state index contributed by atoms with van der Waals surface area (Å²) >= 11 is 0. The van der Waals surface area contributed by atoms with E-state index < -0.39 is 5.41 Å². The van der Waals surface area contributed by atoms with Crippen molar-refractivity contribution < 1.29 is 14.0 Å². The van der Waals surface area contributed by atoms with Crippen LogP contribution in [0.3, 0.4) is 0 Å². The van der Waals surface area contributed by atoms with E-state index in [1.165, 1.54) is 18.3 Å². The van der Waals surface area contributed by atoms with Crippen LogP contribution < -0.4 is 10.6 Å². The van der Waals surface area contributed by atoms with Gasteiger partial charge in [0.05, 0.1) is 17.3 Å². The number of nitrogens with one attached hydrogen (secondary N) is 2. The first-order chi connectivity index (χ1) is 12.1. The molecule has 2 amide bonds. The molecule has 1 aromatic carbocycles. The van der Waals surface area contributed by atoms with Crippen molar-refractivity contribution in [1.82, 2.24) is 4.98 Å². The van der Waals surface area contributed by atoms with Crippen molar-refractivity contribution in [3.63, 3.8) is 0 Å². The third kappa shape index (κ3) is 3.24. The molecule has 2 aliphatic carbocycles. The van der Waals surface area contributed by atoms with E-state index in [-0.39, 0.29) is 23.5 Å². The van der Waals surface area contributed by atoms with Crippen LogP contribution in [0, 0.1) is 11.7 Å². The first-order valence-electron chi connectivity index (χ1n) is 8.41. The molecule has 0 aliphatic heterocycles. The molecule has 1 aromatic heterocycles. The Bertz CT molecular complexity index is 810. The molecule has 128 valence electrons. The number of hydrogen-bond donors (Lipinski definition) is 2. The third-order valence-corrected chi connectivity index (χ3v) is 4.80. The molecular weight excluding hydrogens is 321 g/mol. The molecule has 6 heteroatoms. The van der Waals surface area contributed by atoms with E-state index in [2.05, 4.69) is 15.6 Å². The lowest BCUT2D eigenvalue weighted by Gasteiger charge is -2.16. The molecule has 2 saturated carbocycles.